The SMILES string of the molecule is CC(C)N(CCC(=O)O)C(=O)C1CC1c1ccc2c(c1)OCCO2. The minimum absolute atomic E-state index is 0.00151. The van der Waals surface area contributed by atoms with Crippen LogP contribution in [-0.4, -0.2) is 47.7 Å². The number of carboxylic acids is 1. The lowest BCUT2D eigenvalue weighted by molar-refractivity contribution is -0.139. The van der Waals surface area contributed by atoms with Crippen LogP contribution in [0, 0.1) is 5.92 Å². The third kappa shape index (κ3) is 3.47. The summed E-state index contributed by atoms with van der Waals surface area (Å²) < 4.78 is 11.1. The van der Waals surface area contributed by atoms with Gasteiger partial charge in [0.15, 0.2) is 11.5 Å². The van der Waals surface area contributed by atoms with Crippen molar-refractivity contribution in [3.05, 3.63) is 23.8 Å². The summed E-state index contributed by atoms with van der Waals surface area (Å²) in [7, 11) is 0. The first-order chi connectivity index (χ1) is 11.5. The zero-order chi connectivity index (χ0) is 17.3. The number of carbonyl (C=O) groups is 2. The van der Waals surface area contributed by atoms with Crippen molar-refractivity contribution in [2.75, 3.05) is 19.8 Å². The molecule has 1 N–H and O–H groups in total. The van der Waals surface area contributed by atoms with Crippen molar-refractivity contribution in [2.45, 2.75) is 38.6 Å². The maximum absolute atomic E-state index is 12.7. The van der Waals surface area contributed by atoms with Gasteiger partial charge in [0, 0.05) is 18.5 Å². The van der Waals surface area contributed by atoms with Crippen LogP contribution in [0.15, 0.2) is 18.2 Å². The Hall–Kier alpha value is -2.24. The standard InChI is InChI=1S/C18H23NO5/c1-11(2)19(6-5-17(20)21)18(22)14-10-13(14)12-3-4-15-16(9-12)24-8-7-23-15/h3-4,9,11,13-14H,5-8,10H2,1-2H3,(H,20,21). The molecule has 0 bridgehead atoms. The molecular formula is C18H23NO5. The van der Waals surface area contributed by atoms with Gasteiger partial charge in [-0.05, 0) is 43.9 Å². The largest absolute Gasteiger partial charge is 0.486 e. The summed E-state index contributed by atoms with van der Waals surface area (Å²) >= 11 is 0. The van der Waals surface area contributed by atoms with Crippen LogP contribution in [-0.2, 0) is 9.59 Å². The van der Waals surface area contributed by atoms with Gasteiger partial charge in [0.2, 0.25) is 5.91 Å². The summed E-state index contributed by atoms with van der Waals surface area (Å²) in [5, 5.41) is 8.86. The van der Waals surface area contributed by atoms with Gasteiger partial charge in [-0.1, -0.05) is 6.07 Å². The third-order valence-electron chi connectivity index (χ3n) is 4.58. The summed E-state index contributed by atoms with van der Waals surface area (Å²) in [6.45, 7) is 5.20. The second-order valence-electron chi connectivity index (χ2n) is 6.62. The number of fused-ring (bicyclic) bond motifs is 1. The Morgan fingerprint density at radius 2 is 1.96 bits per heavy atom. The second-order valence-corrected chi connectivity index (χ2v) is 6.62. The number of hydrogen-bond acceptors (Lipinski definition) is 4. The average molecular weight is 333 g/mol. The third-order valence-corrected chi connectivity index (χ3v) is 4.58. The van der Waals surface area contributed by atoms with Gasteiger partial charge in [0.1, 0.15) is 13.2 Å². The molecule has 1 amide bonds. The number of rotatable bonds is 6. The van der Waals surface area contributed by atoms with E-state index in [2.05, 4.69) is 0 Å². The molecule has 1 aromatic rings. The molecule has 6 nitrogen and oxygen atoms in total. The Balaban J connectivity index is 1.67. The number of amides is 1. The van der Waals surface area contributed by atoms with Crippen molar-refractivity contribution in [3.63, 3.8) is 0 Å². The predicted molar refractivity (Wildman–Crippen MR) is 87.4 cm³/mol. The maximum atomic E-state index is 12.7. The van der Waals surface area contributed by atoms with Gasteiger partial charge < -0.3 is 19.5 Å². The number of hydrogen-bond donors (Lipinski definition) is 1. The monoisotopic (exact) mass is 333 g/mol. The molecule has 0 radical (unpaired) electrons. The molecule has 2 unspecified atom stereocenters. The fraction of sp³-hybridized carbons (Fsp3) is 0.556. The molecular weight excluding hydrogens is 310 g/mol. The molecule has 0 saturated heterocycles. The van der Waals surface area contributed by atoms with Crippen LogP contribution in [0.2, 0.25) is 0 Å². The van der Waals surface area contributed by atoms with Crippen molar-refractivity contribution in [1.29, 1.82) is 0 Å². The van der Waals surface area contributed by atoms with Gasteiger partial charge in [0.05, 0.1) is 6.42 Å². The van der Waals surface area contributed by atoms with Crippen LogP contribution in [0.4, 0.5) is 0 Å². The molecule has 0 spiro atoms. The number of aliphatic carboxylic acids is 1. The lowest BCUT2D eigenvalue weighted by atomic mass is 10.1. The van der Waals surface area contributed by atoms with Crippen molar-refractivity contribution >= 4 is 11.9 Å². The zero-order valence-electron chi connectivity index (χ0n) is 14.0. The fourth-order valence-electron chi connectivity index (χ4n) is 3.18. The van der Waals surface area contributed by atoms with Gasteiger partial charge in [-0.25, -0.2) is 0 Å². The van der Waals surface area contributed by atoms with E-state index in [1.165, 1.54) is 0 Å². The molecule has 1 saturated carbocycles. The first kappa shape index (κ1) is 16.6. The van der Waals surface area contributed by atoms with E-state index in [1.807, 2.05) is 32.0 Å². The van der Waals surface area contributed by atoms with Crippen molar-refractivity contribution in [3.8, 4) is 11.5 Å². The van der Waals surface area contributed by atoms with E-state index in [-0.39, 0.29) is 36.8 Å². The minimum atomic E-state index is -0.882. The predicted octanol–water partition coefficient (Wildman–Crippen LogP) is 2.27. The van der Waals surface area contributed by atoms with E-state index >= 15 is 0 Å². The highest BCUT2D eigenvalue weighted by Gasteiger charge is 2.46. The first-order valence-electron chi connectivity index (χ1n) is 8.39. The van der Waals surface area contributed by atoms with E-state index in [9.17, 15) is 9.59 Å². The number of carbonyl (C=O) groups excluding carboxylic acids is 1. The molecule has 2 atom stereocenters. The van der Waals surface area contributed by atoms with Crippen LogP contribution in [0.25, 0.3) is 0 Å². The summed E-state index contributed by atoms with van der Waals surface area (Å²) in [4.78, 5) is 25.2. The molecule has 6 heteroatoms. The second kappa shape index (κ2) is 6.71. The highest BCUT2D eigenvalue weighted by Crippen LogP contribution is 2.50. The smallest absolute Gasteiger partial charge is 0.305 e. The fourth-order valence-corrected chi connectivity index (χ4v) is 3.18. The number of benzene rings is 1. The quantitative estimate of drug-likeness (QED) is 0.864. The molecule has 1 fully saturated rings. The van der Waals surface area contributed by atoms with Gasteiger partial charge >= 0.3 is 5.97 Å². The lowest BCUT2D eigenvalue weighted by Gasteiger charge is -2.26. The minimum Gasteiger partial charge on any atom is -0.486 e. The Labute approximate surface area is 141 Å². The van der Waals surface area contributed by atoms with Gasteiger partial charge in [0.25, 0.3) is 0 Å². The molecule has 3 rings (SSSR count). The van der Waals surface area contributed by atoms with E-state index in [1.54, 1.807) is 4.90 Å². The summed E-state index contributed by atoms with van der Waals surface area (Å²) in [6.07, 6.45) is 0.778. The number of nitrogens with zero attached hydrogens (tertiary/aromatic N) is 1. The highest BCUT2D eigenvalue weighted by atomic mass is 16.6. The van der Waals surface area contributed by atoms with E-state index < -0.39 is 5.97 Å². The van der Waals surface area contributed by atoms with E-state index in [0.29, 0.717) is 13.2 Å². The molecule has 24 heavy (non-hydrogen) atoms. The van der Waals surface area contributed by atoms with Crippen LogP contribution >= 0.6 is 0 Å². The molecule has 1 aliphatic heterocycles. The van der Waals surface area contributed by atoms with Crippen molar-refractivity contribution in [1.82, 2.24) is 4.90 Å². The van der Waals surface area contributed by atoms with Gasteiger partial charge in [-0.3, -0.25) is 9.59 Å². The van der Waals surface area contributed by atoms with Crippen molar-refractivity contribution < 1.29 is 24.2 Å². The van der Waals surface area contributed by atoms with E-state index in [0.717, 1.165) is 23.5 Å². The van der Waals surface area contributed by atoms with E-state index in [4.69, 9.17) is 14.6 Å². The maximum Gasteiger partial charge on any atom is 0.305 e. The van der Waals surface area contributed by atoms with Crippen molar-refractivity contribution in [2.24, 2.45) is 5.92 Å². The molecule has 0 aromatic heterocycles. The molecule has 130 valence electrons. The topological polar surface area (TPSA) is 76.1 Å². The zero-order valence-corrected chi connectivity index (χ0v) is 14.0. The first-order valence-corrected chi connectivity index (χ1v) is 8.39. The number of carboxylic acid groups (broad SMARTS) is 1. The molecule has 1 heterocycles. The number of ether oxygens (including phenoxy) is 2. The lowest BCUT2D eigenvalue weighted by Crippen LogP contribution is -2.39. The van der Waals surface area contributed by atoms with Crippen LogP contribution in [0.5, 0.6) is 11.5 Å². The summed E-state index contributed by atoms with van der Waals surface area (Å²) in [5.41, 5.74) is 1.08. The molecule has 1 aliphatic carbocycles. The average Bonchev–Trinajstić information content (AvgIpc) is 3.34. The van der Waals surface area contributed by atoms with Gasteiger partial charge in [-0.15, -0.1) is 0 Å². The Morgan fingerprint density at radius 3 is 2.62 bits per heavy atom. The Morgan fingerprint density at radius 1 is 1.25 bits per heavy atom. The normalized spacial score (nSPS) is 21.5. The molecule has 2 aliphatic rings. The van der Waals surface area contributed by atoms with Crippen LogP contribution < -0.4 is 9.47 Å². The van der Waals surface area contributed by atoms with Gasteiger partial charge in [-0.2, -0.15) is 0 Å². The summed E-state index contributed by atoms with van der Waals surface area (Å²) in [5.74, 6) is 0.768. The Kier molecular flexibility index (Phi) is 4.64. The summed E-state index contributed by atoms with van der Waals surface area (Å²) in [6, 6.07) is 5.85. The Bertz CT molecular complexity index is 642. The highest BCUT2D eigenvalue weighted by molar-refractivity contribution is 5.83. The van der Waals surface area contributed by atoms with Crippen LogP contribution in [0.3, 0.4) is 0 Å². The molecule has 1 aromatic carbocycles. The van der Waals surface area contributed by atoms with Crippen LogP contribution in [0.1, 0.15) is 38.2 Å².